The number of carbonyl (C=O) groups excluding carboxylic acids is 1. The number of hydrogen-bond acceptors (Lipinski definition) is 4. The van der Waals surface area contributed by atoms with Crippen LogP contribution in [0.25, 0.3) is 0 Å². The molecular formula is C24H44N2O3. The molecule has 0 heterocycles. The van der Waals surface area contributed by atoms with Crippen LogP contribution < -0.4 is 10.4 Å². The molecule has 1 aromatic carbocycles. The summed E-state index contributed by atoms with van der Waals surface area (Å²) >= 11 is 0. The Morgan fingerprint density at radius 3 is 1.52 bits per heavy atom. The number of quaternary nitrogens is 1. The second-order valence-corrected chi connectivity index (χ2v) is 7.92. The van der Waals surface area contributed by atoms with E-state index >= 15 is 0 Å². The monoisotopic (exact) mass is 408 g/mol. The van der Waals surface area contributed by atoms with E-state index in [1.54, 1.807) is 12.1 Å². The Kier molecular flexibility index (Phi) is 16.1. The lowest BCUT2D eigenvalue weighted by Crippen LogP contribution is -2.50. The molecule has 29 heavy (non-hydrogen) atoms. The number of rotatable bonds is 15. The molecule has 0 aliphatic heterocycles. The van der Waals surface area contributed by atoms with Gasteiger partial charge in [-0.3, -0.25) is 0 Å². The summed E-state index contributed by atoms with van der Waals surface area (Å²) in [5, 5.41) is 21.5. The minimum Gasteiger partial charge on any atom is -0.548 e. The van der Waals surface area contributed by atoms with Crippen LogP contribution in [0.1, 0.15) is 79.1 Å². The Morgan fingerprint density at radius 2 is 1.21 bits per heavy atom. The summed E-state index contributed by atoms with van der Waals surface area (Å²) in [5.41, 5.74) is 0.636. The fraction of sp³-hybridized carbons (Fsp3) is 0.708. The second kappa shape index (κ2) is 17.1. The number of hydrogen-bond donors (Lipinski definition) is 2. The van der Waals surface area contributed by atoms with Crippen molar-refractivity contribution >= 4 is 11.7 Å². The van der Waals surface area contributed by atoms with E-state index in [0.717, 1.165) is 0 Å². The van der Waals surface area contributed by atoms with Crippen molar-refractivity contribution < 1.29 is 19.5 Å². The number of aliphatic carboxylic acids is 1. The number of nitrogens with zero attached hydrogens (tertiary/aromatic N) is 1. The van der Waals surface area contributed by atoms with Crippen LogP contribution in [0.5, 0.6) is 5.75 Å². The predicted octanol–water partition coefficient (Wildman–Crippen LogP) is 4.56. The van der Waals surface area contributed by atoms with Crippen LogP contribution in [-0.4, -0.2) is 48.3 Å². The van der Waals surface area contributed by atoms with E-state index in [1.165, 1.54) is 94.2 Å². The number of unbranched alkanes of at least 4 members (excludes halogenated alkanes) is 4. The molecule has 168 valence electrons. The summed E-state index contributed by atoms with van der Waals surface area (Å²) in [7, 11) is 0. The van der Waals surface area contributed by atoms with Crippen molar-refractivity contribution in [3.8, 4) is 5.75 Å². The van der Waals surface area contributed by atoms with Gasteiger partial charge in [0.1, 0.15) is 5.75 Å². The van der Waals surface area contributed by atoms with Gasteiger partial charge in [0.05, 0.1) is 38.7 Å². The lowest BCUT2D eigenvalue weighted by atomic mass is 10.1. The smallest absolute Gasteiger partial charge is 0.115 e. The maximum atomic E-state index is 10.0. The number of anilines is 1. The number of aromatic hydroxyl groups is 1. The molecule has 0 atom stereocenters. The minimum absolute atomic E-state index is 0.147. The van der Waals surface area contributed by atoms with Gasteiger partial charge in [0.15, 0.2) is 0 Å². The maximum Gasteiger partial charge on any atom is 0.115 e. The summed E-state index contributed by atoms with van der Waals surface area (Å²) < 4.78 is 1.42. The number of benzene rings is 1. The Hall–Kier alpha value is -1.75. The van der Waals surface area contributed by atoms with E-state index in [1.807, 2.05) is 0 Å². The van der Waals surface area contributed by atoms with Gasteiger partial charge in [-0.2, -0.15) is 0 Å². The van der Waals surface area contributed by atoms with Gasteiger partial charge in [0.2, 0.25) is 0 Å². The van der Waals surface area contributed by atoms with Gasteiger partial charge >= 0.3 is 0 Å². The summed E-state index contributed by atoms with van der Waals surface area (Å²) in [5.74, 6) is -1.02. The van der Waals surface area contributed by atoms with Crippen LogP contribution >= 0.6 is 0 Å². The highest BCUT2D eigenvalue weighted by Gasteiger charge is 2.24. The van der Waals surface area contributed by atoms with Crippen LogP contribution in [0.3, 0.4) is 0 Å². The molecular weight excluding hydrogens is 364 g/mol. The molecule has 2 N–H and O–H groups in total. The Labute approximate surface area is 178 Å². The first-order valence-corrected chi connectivity index (χ1v) is 11.5. The number of carbonyl (C=O) groups is 1. The molecule has 0 saturated carbocycles. The Morgan fingerprint density at radius 1 is 0.828 bits per heavy atom. The number of carboxylic acid groups (broad SMARTS) is 1. The largest absolute Gasteiger partial charge is 0.548 e. The van der Waals surface area contributed by atoms with E-state index in [-0.39, 0.29) is 12.3 Å². The number of phenolic OH excluding ortho intramolecular Hbond substituents is 1. The van der Waals surface area contributed by atoms with Gasteiger partial charge in [-0.25, -0.2) is 0 Å². The molecule has 5 nitrogen and oxygen atoms in total. The second-order valence-electron chi connectivity index (χ2n) is 7.92. The molecule has 0 fully saturated rings. The zero-order chi connectivity index (χ0) is 22.0. The molecule has 0 aliphatic carbocycles. The van der Waals surface area contributed by atoms with E-state index in [9.17, 15) is 9.90 Å². The quantitative estimate of drug-likeness (QED) is 0.330. The van der Waals surface area contributed by atoms with E-state index < -0.39 is 5.97 Å². The van der Waals surface area contributed by atoms with Crippen LogP contribution in [0, 0.1) is 0 Å². The Balaban J connectivity index is 0.000000571. The summed E-state index contributed by atoms with van der Waals surface area (Å²) in [6.45, 7) is 14.8. The van der Waals surface area contributed by atoms with Crippen LogP contribution in [-0.2, 0) is 4.79 Å². The molecule has 0 spiro atoms. The molecule has 0 saturated heterocycles. The van der Waals surface area contributed by atoms with Gasteiger partial charge in [-0.1, -0.05) is 53.4 Å². The SMILES string of the molecule is CCCC[N+](CCCC)(CCCC)CCCC.O=C([O-])CNc1ccc(O)cc1. The van der Waals surface area contributed by atoms with Gasteiger partial charge in [-0.15, -0.1) is 0 Å². The highest BCUT2D eigenvalue weighted by Crippen LogP contribution is 2.16. The van der Waals surface area contributed by atoms with Gasteiger partial charge in [-0.05, 0) is 49.9 Å². The van der Waals surface area contributed by atoms with Crippen LogP contribution in [0.4, 0.5) is 5.69 Å². The standard InChI is InChI=1S/C16H36N.C8H9NO3/c1-5-9-13-17(14-10-6-2,15-11-7-3)16-12-8-4;10-7-3-1-6(2-4-7)9-5-8(11)12/h5-16H2,1-4H3;1-4,9-10H,5H2,(H,11,12)/q+1;/p-1. The van der Waals surface area contributed by atoms with Crippen molar-refractivity contribution in [2.75, 3.05) is 38.0 Å². The number of carboxylic acids is 1. The van der Waals surface area contributed by atoms with E-state index in [4.69, 9.17) is 5.11 Å². The molecule has 0 aliphatic rings. The molecule has 0 bridgehead atoms. The molecule has 0 radical (unpaired) electrons. The zero-order valence-electron chi connectivity index (χ0n) is 19.2. The highest BCUT2D eigenvalue weighted by molar-refractivity contribution is 5.70. The lowest BCUT2D eigenvalue weighted by Gasteiger charge is -2.39. The van der Waals surface area contributed by atoms with Crippen molar-refractivity contribution in [3.63, 3.8) is 0 Å². The van der Waals surface area contributed by atoms with E-state index in [2.05, 4.69) is 33.0 Å². The molecule has 1 aromatic rings. The first-order chi connectivity index (χ1) is 13.9. The molecule has 5 heteroatoms. The van der Waals surface area contributed by atoms with Gasteiger partial charge in [0, 0.05) is 5.69 Å². The summed E-state index contributed by atoms with van der Waals surface area (Å²) in [6, 6.07) is 6.10. The number of nitrogens with one attached hydrogen (secondary N) is 1. The third-order valence-electron chi connectivity index (χ3n) is 5.25. The van der Waals surface area contributed by atoms with Crippen LogP contribution in [0.15, 0.2) is 24.3 Å². The van der Waals surface area contributed by atoms with Gasteiger partial charge < -0.3 is 24.8 Å². The van der Waals surface area contributed by atoms with Crippen LogP contribution in [0.2, 0.25) is 0 Å². The fourth-order valence-corrected chi connectivity index (χ4v) is 3.40. The van der Waals surface area contributed by atoms with E-state index in [0.29, 0.717) is 5.69 Å². The number of phenols is 1. The first-order valence-electron chi connectivity index (χ1n) is 11.5. The Bertz CT molecular complexity index is 480. The topological polar surface area (TPSA) is 72.4 Å². The van der Waals surface area contributed by atoms with Crippen molar-refractivity contribution in [1.82, 2.24) is 0 Å². The lowest BCUT2D eigenvalue weighted by molar-refractivity contribution is -0.929. The predicted molar refractivity (Wildman–Crippen MR) is 121 cm³/mol. The van der Waals surface area contributed by atoms with Gasteiger partial charge in [0.25, 0.3) is 0 Å². The summed E-state index contributed by atoms with van der Waals surface area (Å²) in [4.78, 5) is 10.0. The van der Waals surface area contributed by atoms with Crippen molar-refractivity contribution in [2.24, 2.45) is 0 Å². The first kappa shape index (κ1) is 27.2. The third-order valence-corrected chi connectivity index (χ3v) is 5.25. The zero-order valence-corrected chi connectivity index (χ0v) is 19.2. The molecule has 0 aromatic heterocycles. The highest BCUT2D eigenvalue weighted by atomic mass is 16.4. The normalized spacial score (nSPS) is 10.9. The summed E-state index contributed by atoms with van der Waals surface area (Å²) in [6.07, 6.45) is 11.1. The van der Waals surface area contributed by atoms with Crippen molar-refractivity contribution in [1.29, 1.82) is 0 Å². The van der Waals surface area contributed by atoms with Crippen molar-refractivity contribution in [3.05, 3.63) is 24.3 Å². The molecule has 0 unspecified atom stereocenters. The molecule has 1 rings (SSSR count). The van der Waals surface area contributed by atoms with Crippen molar-refractivity contribution in [2.45, 2.75) is 79.1 Å². The average molecular weight is 409 g/mol. The third kappa shape index (κ3) is 14.0. The minimum atomic E-state index is -1.16. The maximum absolute atomic E-state index is 10.0. The average Bonchev–Trinajstić information content (AvgIpc) is 2.72. The fourth-order valence-electron chi connectivity index (χ4n) is 3.40. The molecule has 0 amide bonds.